The van der Waals surface area contributed by atoms with E-state index in [9.17, 15) is 14.4 Å². The lowest BCUT2D eigenvalue weighted by atomic mass is 9.98. The molecule has 0 aliphatic carbocycles. The fourth-order valence-corrected chi connectivity index (χ4v) is 5.15. The third-order valence-electron chi connectivity index (χ3n) is 7.33. The number of aryl methyl sites for hydroxylation is 1. The molecule has 8 nitrogen and oxygen atoms in total. The maximum Gasteiger partial charge on any atom is 0.408 e. The number of ether oxygens (including phenoxy) is 2. The van der Waals surface area contributed by atoms with Gasteiger partial charge in [-0.05, 0) is 69.5 Å². The van der Waals surface area contributed by atoms with Crippen molar-refractivity contribution in [2.24, 2.45) is 0 Å². The molecule has 2 N–H and O–H groups in total. The number of benzene rings is 3. The average Bonchev–Trinajstić information content (AvgIpc) is 2.99. The first-order chi connectivity index (χ1) is 21.5. The highest BCUT2D eigenvalue weighted by atomic mass is 16.6. The van der Waals surface area contributed by atoms with Gasteiger partial charge in [0.25, 0.3) is 5.91 Å². The maximum atomic E-state index is 14.7. The molecule has 0 saturated carbocycles. The van der Waals surface area contributed by atoms with Gasteiger partial charge in [-0.1, -0.05) is 92.8 Å². The van der Waals surface area contributed by atoms with Crippen LogP contribution in [0.2, 0.25) is 0 Å². The maximum absolute atomic E-state index is 14.7. The molecule has 2 atom stereocenters. The molecule has 0 radical (unpaired) electrons. The summed E-state index contributed by atoms with van der Waals surface area (Å²) >= 11 is 0. The van der Waals surface area contributed by atoms with Gasteiger partial charge in [-0.3, -0.25) is 9.59 Å². The van der Waals surface area contributed by atoms with E-state index in [1.54, 1.807) is 57.0 Å². The zero-order chi connectivity index (χ0) is 32.8. The molecule has 0 saturated heterocycles. The number of hydrogen-bond donors (Lipinski definition) is 2. The molecular formula is C37H49N3O5. The lowest BCUT2D eigenvalue weighted by Gasteiger charge is -2.35. The topological polar surface area (TPSA) is 97.0 Å². The van der Waals surface area contributed by atoms with Crippen LogP contribution in [0.3, 0.4) is 0 Å². The zero-order valence-corrected chi connectivity index (χ0v) is 27.6. The number of unbranched alkanes of at least 4 members (excludes halogenated alkanes) is 4. The number of alkyl carbamates (subject to hydrolysis) is 1. The molecular weight excluding hydrogens is 566 g/mol. The Kier molecular flexibility index (Phi) is 13.5. The molecule has 3 aromatic carbocycles. The predicted molar refractivity (Wildman–Crippen MR) is 179 cm³/mol. The van der Waals surface area contributed by atoms with Crippen LogP contribution in [0.15, 0.2) is 78.9 Å². The summed E-state index contributed by atoms with van der Waals surface area (Å²) in [6, 6.07) is 22.4. The number of rotatable bonds is 15. The van der Waals surface area contributed by atoms with E-state index in [0.717, 1.165) is 36.8 Å². The monoisotopic (exact) mass is 615 g/mol. The number of anilines is 1. The van der Waals surface area contributed by atoms with Crippen molar-refractivity contribution in [1.82, 2.24) is 10.2 Å². The Balaban J connectivity index is 2.04. The molecule has 45 heavy (non-hydrogen) atoms. The van der Waals surface area contributed by atoms with Crippen molar-refractivity contribution < 1.29 is 23.9 Å². The third kappa shape index (κ3) is 11.6. The van der Waals surface area contributed by atoms with Gasteiger partial charge < -0.3 is 25.0 Å². The van der Waals surface area contributed by atoms with E-state index in [0.29, 0.717) is 30.0 Å². The Morgan fingerprint density at radius 2 is 1.56 bits per heavy atom. The highest BCUT2D eigenvalue weighted by Gasteiger charge is 2.36. The van der Waals surface area contributed by atoms with Gasteiger partial charge in [0.05, 0.1) is 7.11 Å². The summed E-state index contributed by atoms with van der Waals surface area (Å²) in [6.07, 6.45) is 4.42. The molecule has 0 aromatic heterocycles. The largest absolute Gasteiger partial charge is 0.497 e. The Morgan fingerprint density at radius 3 is 2.18 bits per heavy atom. The normalized spacial score (nSPS) is 12.5. The summed E-state index contributed by atoms with van der Waals surface area (Å²) in [5.41, 5.74) is 2.38. The van der Waals surface area contributed by atoms with Crippen LogP contribution in [-0.2, 0) is 20.7 Å². The molecule has 0 bridgehead atoms. The fraction of sp³-hybridized carbons (Fsp3) is 0.432. The minimum Gasteiger partial charge on any atom is -0.497 e. The van der Waals surface area contributed by atoms with Gasteiger partial charge in [-0.15, -0.1) is 0 Å². The minimum atomic E-state index is -0.959. The predicted octanol–water partition coefficient (Wildman–Crippen LogP) is 7.62. The second-order valence-electron chi connectivity index (χ2n) is 12.4. The van der Waals surface area contributed by atoms with Crippen LogP contribution in [0.4, 0.5) is 10.5 Å². The highest BCUT2D eigenvalue weighted by molar-refractivity contribution is 5.99. The second-order valence-corrected chi connectivity index (χ2v) is 12.4. The first-order valence-corrected chi connectivity index (χ1v) is 15.9. The summed E-state index contributed by atoms with van der Waals surface area (Å²) in [6.45, 7) is 9.80. The van der Waals surface area contributed by atoms with E-state index in [1.807, 2.05) is 61.5 Å². The number of amides is 3. The molecule has 3 aromatic rings. The highest BCUT2D eigenvalue weighted by Crippen LogP contribution is 2.27. The number of nitrogens with zero attached hydrogens (tertiary/aromatic N) is 1. The van der Waals surface area contributed by atoms with Gasteiger partial charge in [0.1, 0.15) is 23.4 Å². The average molecular weight is 616 g/mol. The van der Waals surface area contributed by atoms with Gasteiger partial charge in [0, 0.05) is 18.7 Å². The Morgan fingerprint density at radius 1 is 0.867 bits per heavy atom. The van der Waals surface area contributed by atoms with Crippen molar-refractivity contribution in [3.05, 3.63) is 95.6 Å². The molecule has 242 valence electrons. The Hall–Kier alpha value is -4.33. The standard InChI is InChI=1S/C37H49N3O5/c1-7-8-9-10-14-24-40(35(42)32(26-28-17-12-11-13-18-28)39-36(43)45-37(3,4)5)33(29-19-15-16-27(2)25-29)34(41)38-30-20-22-31(44-6)23-21-30/h11-13,15-23,25,32-33H,7-10,14,24,26H2,1-6H3,(H,38,41)(H,39,43). The Bertz CT molecular complexity index is 1370. The first kappa shape index (κ1) is 35.2. The third-order valence-corrected chi connectivity index (χ3v) is 7.33. The van der Waals surface area contributed by atoms with Gasteiger partial charge in [0.2, 0.25) is 5.91 Å². The molecule has 8 heteroatoms. The summed E-state index contributed by atoms with van der Waals surface area (Å²) in [7, 11) is 1.59. The van der Waals surface area contributed by atoms with E-state index >= 15 is 0 Å². The number of nitrogens with one attached hydrogen (secondary N) is 2. The van der Waals surface area contributed by atoms with Crippen LogP contribution in [0.25, 0.3) is 0 Å². The molecule has 0 aliphatic heterocycles. The number of carbonyl (C=O) groups excluding carboxylic acids is 3. The van der Waals surface area contributed by atoms with Crippen LogP contribution in [0, 0.1) is 6.92 Å². The van der Waals surface area contributed by atoms with Crippen LogP contribution in [-0.4, -0.2) is 48.1 Å². The van der Waals surface area contributed by atoms with Crippen molar-refractivity contribution in [3.63, 3.8) is 0 Å². The van der Waals surface area contributed by atoms with Gasteiger partial charge in [-0.25, -0.2) is 4.79 Å². The molecule has 0 spiro atoms. The Labute approximate surface area is 268 Å². The van der Waals surface area contributed by atoms with E-state index in [-0.39, 0.29) is 18.2 Å². The molecule has 3 rings (SSSR count). The lowest BCUT2D eigenvalue weighted by molar-refractivity contribution is -0.140. The molecule has 2 unspecified atom stereocenters. The SMILES string of the molecule is CCCCCCCN(C(=O)C(Cc1ccccc1)NC(=O)OC(C)(C)C)C(C(=O)Nc1ccc(OC)cc1)c1cccc(C)c1. The summed E-state index contributed by atoms with van der Waals surface area (Å²) in [5.74, 6) is -0.0240. The van der Waals surface area contributed by atoms with Crippen molar-refractivity contribution in [3.8, 4) is 5.75 Å². The van der Waals surface area contributed by atoms with Gasteiger partial charge in [-0.2, -0.15) is 0 Å². The van der Waals surface area contributed by atoms with Gasteiger partial charge in [0.15, 0.2) is 0 Å². The quantitative estimate of drug-likeness (QED) is 0.172. The van der Waals surface area contributed by atoms with Crippen molar-refractivity contribution in [2.75, 3.05) is 19.0 Å². The van der Waals surface area contributed by atoms with E-state index in [1.165, 1.54) is 0 Å². The minimum absolute atomic E-state index is 0.242. The van der Waals surface area contributed by atoms with Crippen LogP contribution in [0.1, 0.15) is 82.5 Å². The molecule has 0 fully saturated rings. The summed E-state index contributed by atoms with van der Waals surface area (Å²) < 4.78 is 10.8. The molecule has 0 aliphatic rings. The fourth-order valence-electron chi connectivity index (χ4n) is 5.15. The summed E-state index contributed by atoms with van der Waals surface area (Å²) in [4.78, 5) is 43.5. The summed E-state index contributed by atoms with van der Waals surface area (Å²) in [5, 5.41) is 5.85. The van der Waals surface area contributed by atoms with Crippen molar-refractivity contribution in [2.45, 2.75) is 90.8 Å². The second kappa shape index (κ2) is 17.2. The van der Waals surface area contributed by atoms with Gasteiger partial charge >= 0.3 is 6.09 Å². The zero-order valence-electron chi connectivity index (χ0n) is 27.6. The number of hydrogen-bond acceptors (Lipinski definition) is 5. The van der Waals surface area contributed by atoms with Crippen molar-refractivity contribution >= 4 is 23.6 Å². The number of methoxy groups -OCH3 is 1. The lowest BCUT2D eigenvalue weighted by Crippen LogP contribution is -2.53. The van der Waals surface area contributed by atoms with Crippen LogP contribution >= 0.6 is 0 Å². The van der Waals surface area contributed by atoms with Crippen molar-refractivity contribution in [1.29, 1.82) is 0 Å². The molecule has 3 amide bonds. The smallest absolute Gasteiger partial charge is 0.408 e. The van der Waals surface area contributed by atoms with Crippen LogP contribution < -0.4 is 15.4 Å². The first-order valence-electron chi connectivity index (χ1n) is 15.9. The van der Waals surface area contributed by atoms with E-state index in [4.69, 9.17) is 9.47 Å². The van der Waals surface area contributed by atoms with Crippen LogP contribution in [0.5, 0.6) is 5.75 Å². The van der Waals surface area contributed by atoms with E-state index in [2.05, 4.69) is 17.6 Å². The molecule has 0 heterocycles. The van der Waals surface area contributed by atoms with E-state index < -0.39 is 23.8 Å². The number of carbonyl (C=O) groups is 3.